The van der Waals surface area contributed by atoms with Crippen molar-refractivity contribution in [2.75, 3.05) is 7.11 Å². The predicted octanol–water partition coefficient (Wildman–Crippen LogP) is 3.39. The van der Waals surface area contributed by atoms with Crippen molar-refractivity contribution in [1.82, 2.24) is 4.57 Å². The van der Waals surface area contributed by atoms with Crippen LogP contribution in [0.5, 0.6) is 5.75 Å². The average molecular weight is 261 g/mol. The van der Waals surface area contributed by atoms with Gasteiger partial charge in [-0.1, -0.05) is 13.8 Å². The van der Waals surface area contributed by atoms with E-state index >= 15 is 0 Å². The predicted molar refractivity (Wildman–Crippen MR) is 74.9 cm³/mol. The Morgan fingerprint density at radius 3 is 2.74 bits per heavy atom. The van der Waals surface area contributed by atoms with Gasteiger partial charge in [-0.25, -0.2) is 4.79 Å². The van der Waals surface area contributed by atoms with Gasteiger partial charge in [-0.3, -0.25) is 0 Å². The molecule has 2 aromatic rings. The van der Waals surface area contributed by atoms with Gasteiger partial charge in [0.05, 0.1) is 18.2 Å². The Kier molecular flexibility index (Phi) is 3.79. The molecule has 0 saturated carbocycles. The standard InChI is InChI=1S/C15H19NO3/c1-10(2)6-7-16-9-13(15(17)18)12-5-4-11(19-3)8-14(12)16/h4-5,8-10H,6-7H2,1-3H3,(H,17,18). The van der Waals surface area contributed by atoms with Crippen molar-refractivity contribution in [3.63, 3.8) is 0 Å². The van der Waals surface area contributed by atoms with Crippen molar-refractivity contribution in [2.45, 2.75) is 26.8 Å². The summed E-state index contributed by atoms with van der Waals surface area (Å²) in [5.41, 5.74) is 1.26. The average Bonchev–Trinajstić information content (AvgIpc) is 2.74. The number of ether oxygens (including phenoxy) is 1. The number of methoxy groups -OCH3 is 1. The van der Waals surface area contributed by atoms with Gasteiger partial charge in [0.25, 0.3) is 0 Å². The fourth-order valence-corrected chi connectivity index (χ4v) is 2.15. The second-order valence-electron chi connectivity index (χ2n) is 5.11. The summed E-state index contributed by atoms with van der Waals surface area (Å²) < 4.78 is 7.21. The molecule has 1 aromatic heterocycles. The lowest BCUT2D eigenvalue weighted by Gasteiger charge is -2.08. The molecule has 4 nitrogen and oxygen atoms in total. The van der Waals surface area contributed by atoms with Crippen LogP contribution in [0.15, 0.2) is 24.4 Å². The van der Waals surface area contributed by atoms with Crippen LogP contribution in [-0.2, 0) is 6.54 Å². The lowest BCUT2D eigenvalue weighted by Crippen LogP contribution is -2.00. The minimum atomic E-state index is -0.890. The monoisotopic (exact) mass is 261 g/mol. The Morgan fingerprint density at radius 1 is 1.42 bits per heavy atom. The maximum atomic E-state index is 11.3. The van der Waals surface area contributed by atoms with Crippen LogP contribution in [0.1, 0.15) is 30.6 Å². The summed E-state index contributed by atoms with van der Waals surface area (Å²) in [5, 5.41) is 10.0. The second kappa shape index (κ2) is 5.34. The Balaban J connectivity index is 2.51. The van der Waals surface area contributed by atoms with E-state index in [0.29, 0.717) is 11.5 Å². The third-order valence-corrected chi connectivity index (χ3v) is 3.27. The largest absolute Gasteiger partial charge is 0.497 e. The number of aryl methyl sites for hydroxylation is 1. The van der Waals surface area contributed by atoms with Crippen LogP contribution in [0.25, 0.3) is 10.9 Å². The third-order valence-electron chi connectivity index (χ3n) is 3.27. The molecule has 1 heterocycles. The summed E-state index contributed by atoms with van der Waals surface area (Å²) >= 11 is 0. The molecule has 1 aromatic carbocycles. The molecule has 0 aliphatic carbocycles. The van der Waals surface area contributed by atoms with E-state index in [1.807, 2.05) is 16.7 Å². The second-order valence-corrected chi connectivity index (χ2v) is 5.11. The summed E-state index contributed by atoms with van der Waals surface area (Å²) in [6.07, 6.45) is 2.73. The van der Waals surface area contributed by atoms with E-state index in [-0.39, 0.29) is 0 Å². The highest BCUT2D eigenvalue weighted by molar-refractivity contribution is 6.03. The zero-order valence-corrected chi connectivity index (χ0v) is 11.5. The molecular weight excluding hydrogens is 242 g/mol. The van der Waals surface area contributed by atoms with E-state index in [1.54, 1.807) is 19.4 Å². The van der Waals surface area contributed by atoms with Gasteiger partial charge >= 0.3 is 5.97 Å². The maximum absolute atomic E-state index is 11.3. The topological polar surface area (TPSA) is 51.5 Å². The third kappa shape index (κ3) is 2.72. The maximum Gasteiger partial charge on any atom is 0.337 e. The zero-order valence-electron chi connectivity index (χ0n) is 11.5. The number of hydrogen-bond acceptors (Lipinski definition) is 2. The number of rotatable bonds is 5. The molecular formula is C15H19NO3. The van der Waals surface area contributed by atoms with Crippen LogP contribution in [0.3, 0.4) is 0 Å². The first-order valence-electron chi connectivity index (χ1n) is 6.43. The van der Waals surface area contributed by atoms with Crippen molar-refractivity contribution in [3.8, 4) is 5.75 Å². The number of hydrogen-bond donors (Lipinski definition) is 1. The first-order valence-corrected chi connectivity index (χ1v) is 6.43. The quantitative estimate of drug-likeness (QED) is 0.897. The van der Waals surface area contributed by atoms with E-state index < -0.39 is 5.97 Å². The molecule has 0 fully saturated rings. The number of nitrogens with zero attached hydrogens (tertiary/aromatic N) is 1. The van der Waals surface area contributed by atoms with Crippen molar-refractivity contribution in [1.29, 1.82) is 0 Å². The van der Waals surface area contributed by atoms with Gasteiger partial charge in [-0.15, -0.1) is 0 Å². The zero-order chi connectivity index (χ0) is 14.0. The first kappa shape index (κ1) is 13.5. The fraction of sp³-hybridized carbons (Fsp3) is 0.400. The molecule has 0 unspecified atom stereocenters. The number of aromatic nitrogens is 1. The minimum Gasteiger partial charge on any atom is -0.497 e. The molecule has 19 heavy (non-hydrogen) atoms. The fourth-order valence-electron chi connectivity index (χ4n) is 2.15. The summed E-state index contributed by atoms with van der Waals surface area (Å²) in [5.74, 6) is 0.433. The van der Waals surface area contributed by atoms with Crippen molar-refractivity contribution < 1.29 is 14.6 Å². The Labute approximate surface area is 112 Å². The highest BCUT2D eigenvalue weighted by Crippen LogP contribution is 2.26. The smallest absolute Gasteiger partial charge is 0.337 e. The van der Waals surface area contributed by atoms with Crippen LogP contribution in [0.2, 0.25) is 0 Å². The molecule has 0 aliphatic heterocycles. The molecule has 2 rings (SSSR count). The van der Waals surface area contributed by atoms with Gasteiger partial charge < -0.3 is 14.4 Å². The normalized spacial score (nSPS) is 11.2. The number of carboxylic acid groups (broad SMARTS) is 1. The highest BCUT2D eigenvalue weighted by Gasteiger charge is 2.14. The van der Waals surface area contributed by atoms with Gasteiger partial charge in [0, 0.05) is 24.2 Å². The van der Waals surface area contributed by atoms with Crippen LogP contribution in [-0.4, -0.2) is 22.8 Å². The van der Waals surface area contributed by atoms with Crippen LogP contribution >= 0.6 is 0 Å². The SMILES string of the molecule is COc1ccc2c(C(=O)O)cn(CCC(C)C)c2c1. The Bertz CT molecular complexity index is 599. The Hall–Kier alpha value is -1.97. The number of carbonyl (C=O) groups is 1. The molecule has 102 valence electrons. The molecule has 0 spiro atoms. The number of carboxylic acids is 1. The Morgan fingerprint density at radius 2 is 2.16 bits per heavy atom. The van der Waals surface area contributed by atoms with E-state index in [4.69, 9.17) is 4.74 Å². The summed E-state index contributed by atoms with van der Waals surface area (Å²) in [6.45, 7) is 5.13. The lowest BCUT2D eigenvalue weighted by atomic mass is 10.1. The van der Waals surface area contributed by atoms with Gasteiger partial charge in [-0.05, 0) is 24.5 Å². The number of benzene rings is 1. The summed E-state index contributed by atoms with van der Waals surface area (Å²) in [6, 6.07) is 5.49. The molecule has 0 amide bonds. The summed E-state index contributed by atoms with van der Waals surface area (Å²) in [4.78, 5) is 11.3. The number of aromatic carboxylic acids is 1. The van der Waals surface area contributed by atoms with Crippen molar-refractivity contribution in [2.24, 2.45) is 5.92 Å². The molecule has 0 radical (unpaired) electrons. The van der Waals surface area contributed by atoms with Crippen molar-refractivity contribution in [3.05, 3.63) is 30.0 Å². The van der Waals surface area contributed by atoms with Gasteiger partial charge in [-0.2, -0.15) is 0 Å². The molecule has 0 saturated heterocycles. The number of fused-ring (bicyclic) bond motifs is 1. The molecule has 1 N–H and O–H groups in total. The van der Waals surface area contributed by atoms with E-state index in [0.717, 1.165) is 29.6 Å². The molecule has 0 bridgehead atoms. The van der Waals surface area contributed by atoms with Crippen LogP contribution in [0.4, 0.5) is 0 Å². The van der Waals surface area contributed by atoms with Gasteiger partial charge in [0.15, 0.2) is 0 Å². The van der Waals surface area contributed by atoms with Gasteiger partial charge in [0.1, 0.15) is 5.75 Å². The molecule has 4 heteroatoms. The summed E-state index contributed by atoms with van der Waals surface area (Å²) in [7, 11) is 1.61. The molecule has 0 aliphatic rings. The van der Waals surface area contributed by atoms with Gasteiger partial charge in [0.2, 0.25) is 0 Å². The molecule has 0 atom stereocenters. The van der Waals surface area contributed by atoms with Crippen molar-refractivity contribution >= 4 is 16.9 Å². The highest BCUT2D eigenvalue weighted by atomic mass is 16.5. The minimum absolute atomic E-state index is 0.349. The lowest BCUT2D eigenvalue weighted by molar-refractivity contribution is 0.0699. The van der Waals surface area contributed by atoms with E-state index in [2.05, 4.69) is 13.8 Å². The van der Waals surface area contributed by atoms with Crippen LogP contribution in [0, 0.1) is 5.92 Å². The van der Waals surface area contributed by atoms with Crippen LogP contribution < -0.4 is 4.74 Å². The van der Waals surface area contributed by atoms with E-state index in [1.165, 1.54) is 0 Å². The first-order chi connectivity index (χ1) is 9.02. The van der Waals surface area contributed by atoms with E-state index in [9.17, 15) is 9.90 Å².